The van der Waals surface area contributed by atoms with Gasteiger partial charge in [-0.1, -0.05) is 66.7 Å². The fourth-order valence-electron chi connectivity index (χ4n) is 3.61. The number of hydrogen-bond donors (Lipinski definition) is 2. The minimum absolute atomic E-state index is 0.245. The predicted octanol–water partition coefficient (Wildman–Crippen LogP) is 4.00. The fraction of sp³-hybridized carbons (Fsp3) is 0.115. The molecule has 0 atom stereocenters. The smallest absolute Gasteiger partial charge is 0.276 e. The highest BCUT2D eigenvalue weighted by Gasteiger charge is 2.20. The lowest BCUT2D eigenvalue weighted by atomic mass is 10.1. The van der Waals surface area contributed by atoms with Crippen LogP contribution in [0.25, 0.3) is 16.8 Å². The van der Waals surface area contributed by atoms with Gasteiger partial charge in [-0.25, -0.2) is 4.68 Å². The first-order valence-corrected chi connectivity index (χ1v) is 10.5. The topological polar surface area (TPSA) is 85.3 Å². The summed E-state index contributed by atoms with van der Waals surface area (Å²) >= 11 is 0. The Labute approximate surface area is 192 Å². The standard InChI is InChI=1S/C26H24N4O3/c1-18-25(19(2)30(29-18)21-13-7-4-8-14-21)26(32)28-27-24(31)17-33-23-16-10-9-15-22(23)20-11-5-3-6-12-20/h3-16H,17H2,1-2H3,(H,27,31)(H,28,32). The maximum Gasteiger partial charge on any atom is 0.276 e. The van der Waals surface area contributed by atoms with Crippen LogP contribution in [0, 0.1) is 13.8 Å². The minimum Gasteiger partial charge on any atom is -0.483 e. The van der Waals surface area contributed by atoms with Crippen LogP contribution in [-0.2, 0) is 4.79 Å². The number of hydrogen-bond acceptors (Lipinski definition) is 4. The van der Waals surface area contributed by atoms with E-state index in [0.717, 1.165) is 16.8 Å². The van der Waals surface area contributed by atoms with Crippen LogP contribution in [0.1, 0.15) is 21.7 Å². The molecule has 0 unspecified atom stereocenters. The normalized spacial score (nSPS) is 10.5. The molecular weight excluding hydrogens is 416 g/mol. The summed E-state index contributed by atoms with van der Waals surface area (Å²) in [7, 11) is 0. The molecule has 7 heteroatoms. The molecule has 0 fully saturated rings. The van der Waals surface area contributed by atoms with Crippen LogP contribution in [-0.4, -0.2) is 28.2 Å². The number of nitrogens with zero attached hydrogens (tertiary/aromatic N) is 2. The molecule has 0 spiro atoms. The van der Waals surface area contributed by atoms with Crippen LogP contribution in [0.15, 0.2) is 84.9 Å². The second-order valence-electron chi connectivity index (χ2n) is 7.45. The van der Waals surface area contributed by atoms with Crippen molar-refractivity contribution < 1.29 is 14.3 Å². The van der Waals surface area contributed by atoms with Crippen LogP contribution in [0.3, 0.4) is 0 Å². The van der Waals surface area contributed by atoms with Crippen molar-refractivity contribution in [1.82, 2.24) is 20.6 Å². The lowest BCUT2D eigenvalue weighted by Crippen LogP contribution is -2.44. The zero-order chi connectivity index (χ0) is 23.2. The molecule has 1 aromatic heterocycles. The molecule has 33 heavy (non-hydrogen) atoms. The van der Waals surface area contributed by atoms with Gasteiger partial charge >= 0.3 is 0 Å². The zero-order valence-corrected chi connectivity index (χ0v) is 18.4. The molecule has 0 aliphatic rings. The molecule has 0 aliphatic heterocycles. The van der Waals surface area contributed by atoms with Gasteiger partial charge in [0.25, 0.3) is 11.8 Å². The van der Waals surface area contributed by atoms with Gasteiger partial charge in [0.15, 0.2) is 6.61 Å². The third-order valence-corrected chi connectivity index (χ3v) is 5.17. The molecule has 3 aromatic carbocycles. The van der Waals surface area contributed by atoms with E-state index in [0.29, 0.717) is 22.7 Å². The molecule has 4 rings (SSSR count). The average molecular weight is 441 g/mol. The van der Waals surface area contributed by atoms with Crippen molar-refractivity contribution >= 4 is 11.8 Å². The molecule has 2 N–H and O–H groups in total. The van der Waals surface area contributed by atoms with Crippen LogP contribution in [0.4, 0.5) is 0 Å². The van der Waals surface area contributed by atoms with Gasteiger partial charge in [0.2, 0.25) is 0 Å². The van der Waals surface area contributed by atoms with Crippen LogP contribution >= 0.6 is 0 Å². The Kier molecular flexibility index (Phi) is 6.50. The average Bonchev–Trinajstić information content (AvgIpc) is 3.16. The van der Waals surface area contributed by atoms with Crippen LogP contribution in [0.2, 0.25) is 0 Å². The first kappa shape index (κ1) is 21.8. The number of aromatic nitrogens is 2. The quantitative estimate of drug-likeness (QED) is 0.444. The van der Waals surface area contributed by atoms with E-state index in [4.69, 9.17) is 4.74 Å². The Hall–Kier alpha value is -4.39. The van der Waals surface area contributed by atoms with Crippen LogP contribution in [0.5, 0.6) is 5.75 Å². The Bertz CT molecular complexity index is 1270. The summed E-state index contributed by atoms with van der Waals surface area (Å²) in [5, 5.41) is 4.46. The molecule has 166 valence electrons. The molecule has 1 heterocycles. The minimum atomic E-state index is -0.475. The highest BCUT2D eigenvalue weighted by atomic mass is 16.5. The molecular formula is C26H24N4O3. The van der Waals surface area contributed by atoms with Crippen molar-refractivity contribution in [3.63, 3.8) is 0 Å². The van der Waals surface area contributed by atoms with E-state index in [2.05, 4.69) is 16.0 Å². The lowest BCUT2D eigenvalue weighted by molar-refractivity contribution is -0.123. The van der Waals surface area contributed by atoms with E-state index in [1.807, 2.05) is 85.8 Å². The van der Waals surface area contributed by atoms with Crippen molar-refractivity contribution in [3.8, 4) is 22.6 Å². The molecule has 0 bridgehead atoms. The third-order valence-electron chi connectivity index (χ3n) is 5.17. The van der Waals surface area contributed by atoms with Gasteiger partial charge in [-0.2, -0.15) is 5.10 Å². The van der Waals surface area contributed by atoms with Gasteiger partial charge in [0, 0.05) is 5.56 Å². The molecule has 0 aliphatic carbocycles. The Morgan fingerprint density at radius 1 is 0.848 bits per heavy atom. The van der Waals surface area contributed by atoms with Crippen molar-refractivity contribution in [3.05, 3.63) is 102 Å². The summed E-state index contributed by atoms with van der Waals surface area (Å²) < 4.78 is 7.43. The van der Waals surface area contributed by atoms with Gasteiger partial charge in [0.05, 0.1) is 22.6 Å². The molecule has 0 radical (unpaired) electrons. The van der Waals surface area contributed by atoms with Crippen molar-refractivity contribution in [2.24, 2.45) is 0 Å². The summed E-state index contributed by atoms with van der Waals surface area (Å²) in [5.41, 5.74) is 9.25. The summed E-state index contributed by atoms with van der Waals surface area (Å²) in [6.07, 6.45) is 0. The highest BCUT2D eigenvalue weighted by molar-refractivity contribution is 5.97. The number of carbonyl (C=O) groups is 2. The van der Waals surface area contributed by atoms with Crippen molar-refractivity contribution in [1.29, 1.82) is 0 Å². The predicted molar refractivity (Wildman–Crippen MR) is 126 cm³/mol. The van der Waals surface area contributed by atoms with Crippen LogP contribution < -0.4 is 15.6 Å². The van der Waals surface area contributed by atoms with Gasteiger partial charge in [-0.05, 0) is 37.6 Å². The molecule has 4 aromatic rings. The zero-order valence-electron chi connectivity index (χ0n) is 18.4. The van der Waals surface area contributed by atoms with Gasteiger partial charge < -0.3 is 4.74 Å². The SMILES string of the molecule is Cc1nn(-c2ccccc2)c(C)c1C(=O)NNC(=O)COc1ccccc1-c1ccccc1. The summed E-state index contributed by atoms with van der Waals surface area (Å²) in [6, 6.07) is 26.8. The number of carbonyl (C=O) groups excluding carboxylic acids is 2. The van der Waals surface area contributed by atoms with Gasteiger partial charge in [-0.15, -0.1) is 0 Å². The number of ether oxygens (including phenoxy) is 1. The van der Waals surface area contributed by atoms with E-state index in [9.17, 15) is 9.59 Å². The summed E-state index contributed by atoms with van der Waals surface area (Å²) in [4.78, 5) is 25.1. The molecule has 2 amide bonds. The lowest BCUT2D eigenvalue weighted by Gasteiger charge is -2.12. The monoisotopic (exact) mass is 440 g/mol. The Morgan fingerprint density at radius 2 is 1.48 bits per heavy atom. The third kappa shape index (κ3) is 4.93. The Balaban J connectivity index is 1.38. The van der Waals surface area contributed by atoms with Gasteiger partial charge in [-0.3, -0.25) is 20.4 Å². The highest BCUT2D eigenvalue weighted by Crippen LogP contribution is 2.29. The number of hydrazine groups is 1. The molecule has 0 saturated heterocycles. The van der Waals surface area contributed by atoms with E-state index in [-0.39, 0.29) is 6.61 Å². The van der Waals surface area contributed by atoms with Crippen molar-refractivity contribution in [2.75, 3.05) is 6.61 Å². The summed E-state index contributed by atoms with van der Waals surface area (Å²) in [5.74, 6) is -0.330. The first-order valence-electron chi connectivity index (χ1n) is 10.5. The van der Waals surface area contributed by atoms with E-state index in [1.54, 1.807) is 17.7 Å². The van der Waals surface area contributed by atoms with Crippen molar-refractivity contribution in [2.45, 2.75) is 13.8 Å². The largest absolute Gasteiger partial charge is 0.483 e. The summed E-state index contributed by atoms with van der Waals surface area (Å²) in [6.45, 7) is 3.32. The number of para-hydroxylation sites is 2. The molecule has 7 nitrogen and oxygen atoms in total. The molecule has 0 saturated carbocycles. The second-order valence-corrected chi connectivity index (χ2v) is 7.45. The number of nitrogens with one attached hydrogen (secondary N) is 2. The second kappa shape index (κ2) is 9.82. The fourth-order valence-corrected chi connectivity index (χ4v) is 3.61. The van der Waals surface area contributed by atoms with E-state index in [1.165, 1.54) is 0 Å². The number of benzene rings is 3. The number of aryl methyl sites for hydroxylation is 1. The number of rotatable bonds is 6. The first-order chi connectivity index (χ1) is 16.0. The van der Waals surface area contributed by atoms with E-state index >= 15 is 0 Å². The Morgan fingerprint density at radius 3 is 2.21 bits per heavy atom. The van der Waals surface area contributed by atoms with Gasteiger partial charge in [0.1, 0.15) is 5.75 Å². The maximum absolute atomic E-state index is 12.7. The van der Waals surface area contributed by atoms with E-state index < -0.39 is 11.8 Å². The number of amides is 2. The maximum atomic E-state index is 12.7.